The maximum atomic E-state index is 13.6. The summed E-state index contributed by atoms with van der Waals surface area (Å²) in [6.07, 6.45) is 0.398. The second-order valence-corrected chi connectivity index (χ2v) is 9.59. The van der Waals surface area contributed by atoms with Gasteiger partial charge in [0.15, 0.2) is 0 Å². The summed E-state index contributed by atoms with van der Waals surface area (Å²) in [5.41, 5.74) is 0.577. The van der Waals surface area contributed by atoms with Crippen molar-refractivity contribution in [2.45, 2.75) is 26.4 Å². The Hall–Kier alpha value is -4.16. The average Bonchev–Trinajstić information content (AvgIpc) is 3.31. The van der Waals surface area contributed by atoms with Gasteiger partial charge in [-0.1, -0.05) is 30.3 Å². The highest BCUT2D eigenvalue weighted by Gasteiger charge is 2.26. The number of aryl methyl sites for hydroxylation is 1. The zero-order valence-electron chi connectivity index (χ0n) is 21.1. The van der Waals surface area contributed by atoms with Crippen molar-refractivity contribution in [1.29, 1.82) is 0 Å². The summed E-state index contributed by atoms with van der Waals surface area (Å²) in [5.74, 6) is -1.04. The number of hydrogen-bond acceptors (Lipinski definition) is 8. The van der Waals surface area contributed by atoms with E-state index in [1.807, 2.05) is 48.7 Å². The van der Waals surface area contributed by atoms with Crippen molar-refractivity contribution < 1.29 is 24.2 Å². The van der Waals surface area contributed by atoms with Gasteiger partial charge in [0.05, 0.1) is 28.0 Å². The van der Waals surface area contributed by atoms with Crippen LogP contribution in [0, 0.1) is 27.2 Å². The third kappa shape index (κ3) is 7.67. The zero-order chi connectivity index (χ0) is 27.7. The molecular weight excluding hydrogens is 512 g/mol. The molecule has 0 aliphatic heterocycles. The lowest BCUT2D eigenvalue weighted by Gasteiger charge is -2.28. The molecule has 11 nitrogen and oxygen atoms in total. The molecule has 12 heteroatoms. The fourth-order valence-electron chi connectivity index (χ4n) is 3.80. The van der Waals surface area contributed by atoms with Crippen LogP contribution in [0.5, 0.6) is 0 Å². The number of non-ortho nitro benzene ring substituents is 2. The predicted molar refractivity (Wildman–Crippen MR) is 142 cm³/mol. The molecule has 0 saturated heterocycles. The van der Waals surface area contributed by atoms with Crippen molar-refractivity contribution in [3.05, 3.63) is 102 Å². The van der Waals surface area contributed by atoms with Gasteiger partial charge >= 0.3 is 0 Å². The van der Waals surface area contributed by atoms with Crippen LogP contribution in [0.15, 0.2) is 60.0 Å². The van der Waals surface area contributed by atoms with Gasteiger partial charge in [0.1, 0.15) is 6.54 Å². The standard InChI is InChI=1S/C26H28N4O7S/c1-19-9-12-38-24(19)17-28(16-20-7-4-3-5-8-20)25(31)18-27(10-6-11-37-2)26(32)21-13-22(29(33)34)15-23(14-21)30(35)36/h3-5,7-9,12-15H,6,10-11,16-18H2,1-2H3. The Morgan fingerprint density at radius 1 is 0.947 bits per heavy atom. The Morgan fingerprint density at radius 2 is 1.61 bits per heavy atom. The molecule has 0 bridgehead atoms. The van der Waals surface area contributed by atoms with Crippen LogP contribution >= 0.6 is 11.3 Å². The van der Waals surface area contributed by atoms with Crippen LogP contribution in [0.2, 0.25) is 0 Å². The smallest absolute Gasteiger partial charge is 0.277 e. The minimum atomic E-state index is -0.796. The summed E-state index contributed by atoms with van der Waals surface area (Å²) in [5, 5.41) is 24.6. The normalized spacial score (nSPS) is 10.7. The summed E-state index contributed by atoms with van der Waals surface area (Å²) in [7, 11) is 1.51. The largest absolute Gasteiger partial charge is 0.385 e. The average molecular weight is 541 g/mol. The second-order valence-electron chi connectivity index (χ2n) is 8.59. The number of amides is 2. The predicted octanol–water partition coefficient (Wildman–Crippen LogP) is 4.58. The van der Waals surface area contributed by atoms with Gasteiger partial charge in [-0.05, 0) is 35.9 Å². The number of benzene rings is 2. The number of nitrogens with zero attached hydrogens (tertiary/aromatic N) is 4. The molecule has 3 aromatic rings. The molecule has 2 aromatic carbocycles. The van der Waals surface area contributed by atoms with Crippen molar-refractivity contribution in [2.75, 3.05) is 26.8 Å². The van der Waals surface area contributed by atoms with Crippen LogP contribution in [-0.4, -0.2) is 58.3 Å². The van der Waals surface area contributed by atoms with E-state index < -0.39 is 27.1 Å². The van der Waals surface area contributed by atoms with Crippen LogP contribution in [0.3, 0.4) is 0 Å². The van der Waals surface area contributed by atoms with Gasteiger partial charge in [0.25, 0.3) is 17.3 Å². The van der Waals surface area contributed by atoms with E-state index in [1.165, 1.54) is 23.3 Å². The molecule has 200 valence electrons. The van der Waals surface area contributed by atoms with Gasteiger partial charge < -0.3 is 14.5 Å². The van der Waals surface area contributed by atoms with E-state index >= 15 is 0 Å². The van der Waals surface area contributed by atoms with Gasteiger partial charge in [-0.2, -0.15) is 0 Å². The monoisotopic (exact) mass is 540 g/mol. The highest BCUT2D eigenvalue weighted by Crippen LogP contribution is 2.24. The molecule has 0 spiro atoms. The van der Waals surface area contributed by atoms with E-state index in [2.05, 4.69) is 0 Å². The fourth-order valence-corrected chi connectivity index (χ4v) is 4.72. The molecule has 0 aliphatic rings. The summed E-state index contributed by atoms with van der Waals surface area (Å²) >= 11 is 1.53. The van der Waals surface area contributed by atoms with E-state index in [9.17, 15) is 29.8 Å². The lowest BCUT2D eigenvalue weighted by atomic mass is 10.1. The van der Waals surface area contributed by atoms with Crippen molar-refractivity contribution >= 4 is 34.5 Å². The lowest BCUT2D eigenvalue weighted by molar-refractivity contribution is -0.394. The van der Waals surface area contributed by atoms with Gasteiger partial charge in [-0.25, -0.2) is 0 Å². The Kier molecular flexibility index (Phi) is 10.0. The number of ether oxygens (including phenoxy) is 1. The number of nitro groups is 2. The van der Waals surface area contributed by atoms with Crippen LogP contribution < -0.4 is 0 Å². The van der Waals surface area contributed by atoms with E-state index in [-0.39, 0.29) is 24.6 Å². The number of methoxy groups -OCH3 is 1. The number of carbonyl (C=O) groups excluding carboxylic acids is 2. The summed E-state index contributed by atoms with van der Waals surface area (Å²) in [4.78, 5) is 52.0. The molecule has 0 atom stereocenters. The number of nitro benzene ring substituents is 2. The minimum Gasteiger partial charge on any atom is -0.385 e. The Labute approximate surface area is 223 Å². The summed E-state index contributed by atoms with van der Waals surface area (Å²) < 4.78 is 5.08. The third-order valence-corrected chi connectivity index (χ3v) is 6.84. The number of carbonyl (C=O) groups is 2. The molecule has 0 unspecified atom stereocenters. The highest BCUT2D eigenvalue weighted by atomic mass is 32.1. The first-order chi connectivity index (χ1) is 18.2. The number of rotatable bonds is 13. The second kappa shape index (κ2) is 13.4. The van der Waals surface area contributed by atoms with E-state index in [0.29, 0.717) is 26.1 Å². The maximum Gasteiger partial charge on any atom is 0.277 e. The van der Waals surface area contributed by atoms with Crippen LogP contribution in [0.25, 0.3) is 0 Å². The molecule has 0 radical (unpaired) electrons. The number of hydrogen-bond donors (Lipinski definition) is 0. The molecule has 1 aromatic heterocycles. The Morgan fingerprint density at radius 3 is 2.16 bits per heavy atom. The van der Waals surface area contributed by atoms with Crippen molar-refractivity contribution in [1.82, 2.24) is 9.80 Å². The molecule has 0 N–H and O–H groups in total. The SMILES string of the molecule is COCCCN(CC(=O)N(Cc1ccccc1)Cc1sccc1C)C(=O)c1cc([N+](=O)[O-])cc([N+](=O)[O-])c1. The lowest BCUT2D eigenvalue weighted by Crippen LogP contribution is -2.43. The molecule has 38 heavy (non-hydrogen) atoms. The van der Waals surface area contributed by atoms with E-state index in [1.54, 1.807) is 4.90 Å². The van der Waals surface area contributed by atoms with Gasteiger partial charge in [0.2, 0.25) is 5.91 Å². The maximum absolute atomic E-state index is 13.6. The van der Waals surface area contributed by atoms with E-state index in [0.717, 1.165) is 34.2 Å². The molecule has 1 heterocycles. The first kappa shape index (κ1) is 28.4. The summed E-state index contributed by atoms with van der Waals surface area (Å²) in [6.45, 7) is 2.75. The van der Waals surface area contributed by atoms with Crippen molar-refractivity contribution in [2.24, 2.45) is 0 Å². The third-order valence-electron chi connectivity index (χ3n) is 5.83. The highest BCUT2D eigenvalue weighted by molar-refractivity contribution is 7.10. The first-order valence-electron chi connectivity index (χ1n) is 11.8. The van der Waals surface area contributed by atoms with Gasteiger partial charge in [0, 0.05) is 43.8 Å². The molecule has 3 rings (SSSR count). The molecule has 0 saturated carbocycles. The molecule has 0 aliphatic carbocycles. The molecule has 0 fully saturated rings. The van der Waals surface area contributed by atoms with Crippen LogP contribution in [0.4, 0.5) is 11.4 Å². The number of thiophene rings is 1. The first-order valence-corrected chi connectivity index (χ1v) is 12.6. The zero-order valence-corrected chi connectivity index (χ0v) is 21.9. The fraction of sp³-hybridized carbons (Fsp3) is 0.308. The van der Waals surface area contributed by atoms with Crippen molar-refractivity contribution in [3.63, 3.8) is 0 Å². The molecule has 2 amide bonds. The van der Waals surface area contributed by atoms with Crippen molar-refractivity contribution in [3.8, 4) is 0 Å². The topological polar surface area (TPSA) is 136 Å². The van der Waals surface area contributed by atoms with Crippen LogP contribution in [0.1, 0.15) is 32.8 Å². The quantitative estimate of drug-likeness (QED) is 0.176. The van der Waals surface area contributed by atoms with E-state index in [4.69, 9.17) is 4.74 Å². The minimum absolute atomic E-state index is 0.117. The Bertz CT molecular complexity index is 1260. The van der Waals surface area contributed by atoms with Crippen LogP contribution in [-0.2, 0) is 22.6 Å². The Balaban J connectivity index is 1.91. The van der Waals surface area contributed by atoms with Gasteiger partial charge in [-0.3, -0.25) is 29.8 Å². The molecular formula is C26H28N4O7S. The summed E-state index contributed by atoms with van der Waals surface area (Å²) in [6, 6.07) is 14.2. The van der Waals surface area contributed by atoms with Gasteiger partial charge in [-0.15, -0.1) is 11.3 Å².